The van der Waals surface area contributed by atoms with Gasteiger partial charge in [0.2, 0.25) is 0 Å². The van der Waals surface area contributed by atoms with Gasteiger partial charge in [-0.25, -0.2) is 14.6 Å². The smallest absolute Gasteiger partial charge is 0.346 e. The van der Waals surface area contributed by atoms with E-state index in [1.54, 1.807) is 35.7 Å². The Bertz CT molecular complexity index is 1530. The van der Waals surface area contributed by atoms with Crippen molar-refractivity contribution in [3.05, 3.63) is 84.8 Å². The average Bonchev–Trinajstić information content (AvgIpc) is 3.17. The number of fused-ring (bicyclic) bond motifs is 2. The minimum Gasteiger partial charge on any atom is -0.422 e. The van der Waals surface area contributed by atoms with E-state index in [-0.39, 0.29) is 16.2 Å². The Morgan fingerprint density at radius 2 is 1.62 bits per heavy atom. The molecule has 0 amide bonds. The molecule has 0 aliphatic heterocycles. The predicted octanol–water partition coefficient (Wildman–Crippen LogP) is 6.00. The number of halogens is 2. The van der Waals surface area contributed by atoms with Crippen molar-refractivity contribution in [2.24, 2.45) is 0 Å². The molecule has 0 N–H and O–H groups in total. The highest BCUT2D eigenvalue weighted by molar-refractivity contribution is 7.13. The Balaban J connectivity index is 1.66. The highest BCUT2D eigenvalue weighted by Crippen LogP contribution is 2.32. The van der Waals surface area contributed by atoms with E-state index < -0.39 is 11.3 Å². The van der Waals surface area contributed by atoms with Crippen molar-refractivity contribution >= 4 is 56.5 Å². The summed E-state index contributed by atoms with van der Waals surface area (Å²) in [5.41, 5.74) is 0.697. The summed E-state index contributed by atoms with van der Waals surface area (Å²) in [4.78, 5) is 29.3. The lowest BCUT2D eigenvalue weighted by molar-refractivity contribution is 0.563. The van der Waals surface area contributed by atoms with Crippen molar-refractivity contribution in [3.8, 4) is 21.8 Å². The third-order valence-corrected chi connectivity index (χ3v) is 5.78. The molecule has 0 aliphatic rings. The number of hydrogen-bond donors (Lipinski definition) is 0. The van der Waals surface area contributed by atoms with Crippen molar-refractivity contribution in [1.82, 2.24) is 4.98 Å². The quantitative estimate of drug-likeness (QED) is 0.314. The van der Waals surface area contributed by atoms with Gasteiger partial charge in [-0.15, -0.1) is 11.3 Å². The van der Waals surface area contributed by atoms with Gasteiger partial charge in [-0.1, -0.05) is 41.4 Å². The number of benzene rings is 2. The first-order chi connectivity index (χ1) is 14.0. The largest absolute Gasteiger partial charge is 0.422 e. The second kappa shape index (κ2) is 6.84. The predicted molar refractivity (Wildman–Crippen MR) is 115 cm³/mol. The van der Waals surface area contributed by atoms with Crippen LogP contribution < -0.4 is 11.3 Å². The molecular weight excluding hydrogens is 433 g/mol. The Morgan fingerprint density at radius 1 is 0.862 bits per heavy atom. The summed E-state index contributed by atoms with van der Waals surface area (Å²) < 4.78 is 10.7. The molecule has 5 aromatic rings. The van der Waals surface area contributed by atoms with Crippen LogP contribution in [0.15, 0.2) is 72.3 Å². The molecule has 0 atom stereocenters. The van der Waals surface area contributed by atoms with Gasteiger partial charge in [0.05, 0.1) is 21.8 Å². The van der Waals surface area contributed by atoms with E-state index in [0.29, 0.717) is 32.3 Å². The molecule has 0 saturated carbocycles. The molecule has 29 heavy (non-hydrogen) atoms. The first kappa shape index (κ1) is 18.1. The van der Waals surface area contributed by atoms with Gasteiger partial charge in [0.1, 0.15) is 10.6 Å². The highest BCUT2D eigenvalue weighted by Gasteiger charge is 2.16. The fourth-order valence-corrected chi connectivity index (χ4v) is 4.44. The fourth-order valence-electron chi connectivity index (χ4n) is 3.07. The number of para-hydroxylation sites is 1. The number of aromatic nitrogens is 1. The van der Waals surface area contributed by atoms with Crippen LogP contribution in [0.25, 0.3) is 43.8 Å². The van der Waals surface area contributed by atoms with Gasteiger partial charge in [-0.2, -0.15) is 0 Å². The molecule has 8 heteroatoms. The van der Waals surface area contributed by atoms with Gasteiger partial charge < -0.3 is 8.83 Å². The molecule has 0 radical (unpaired) electrons. The van der Waals surface area contributed by atoms with Crippen LogP contribution in [-0.2, 0) is 0 Å². The molecule has 0 aliphatic carbocycles. The second-order valence-electron chi connectivity index (χ2n) is 6.28. The standard InChI is InChI=1S/C21H9Cl2NO4S/c22-12-5-11-7-14(21(26)28-18(11)15(23)8-12)19-24-16(9-29-19)13-6-10-3-1-2-4-17(10)27-20(13)25/h1-9H. The topological polar surface area (TPSA) is 73.3 Å². The van der Waals surface area contributed by atoms with Crippen molar-refractivity contribution in [1.29, 1.82) is 0 Å². The third-order valence-electron chi connectivity index (χ3n) is 4.40. The number of hydrogen-bond acceptors (Lipinski definition) is 6. The summed E-state index contributed by atoms with van der Waals surface area (Å²) in [6.07, 6.45) is 0. The molecule has 0 unspecified atom stereocenters. The van der Waals surface area contributed by atoms with Gasteiger partial charge in [-0.05, 0) is 30.3 Å². The molecule has 142 valence electrons. The molecular formula is C21H9Cl2NO4S. The summed E-state index contributed by atoms with van der Waals surface area (Å²) in [6.45, 7) is 0. The highest BCUT2D eigenvalue weighted by atomic mass is 35.5. The Hall–Kier alpha value is -2.93. The van der Waals surface area contributed by atoms with Crippen molar-refractivity contribution in [2.75, 3.05) is 0 Å². The summed E-state index contributed by atoms with van der Waals surface area (Å²) in [7, 11) is 0. The van der Waals surface area contributed by atoms with Crippen molar-refractivity contribution < 1.29 is 8.83 Å². The molecule has 0 saturated heterocycles. The number of nitrogens with zero attached hydrogens (tertiary/aromatic N) is 1. The first-order valence-corrected chi connectivity index (χ1v) is 10.1. The normalized spacial score (nSPS) is 11.4. The van der Waals surface area contributed by atoms with E-state index in [0.717, 1.165) is 5.39 Å². The lowest BCUT2D eigenvalue weighted by Crippen LogP contribution is -2.04. The molecule has 0 spiro atoms. The molecule has 0 bridgehead atoms. The van der Waals surface area contributed by atoms with E-state index >= 15 is 0 Å². The SMILES string of the molecule is O=c1oc2ccccc2cc1-c1csc(-c2cc3cc(Cl)cc(Cl)c3oc2=O)n1. The van der Waals surface area contributed by atoms with Crippen LogP contribution in [0.2, 0.25) is 10.0 Å². The monoisotopic (exact) mass is 441 g/mol. The Labute approximate surface area is 176 Å². The van der Waals surface area contributed by atoms with Crippen molar-refractivity contribution in [2.45, 2.75) is 0 Å². The molecule has 0 fully saturated rings. The first-order valence-electron chi connectivity index (χ1n) is 8.42. The molecule has 2 aromatic carbocycles. The van der Waals surface area contributed by atoms with Crippen LogP contribution in [0.1, 0.15) is 0 Å². The van der Waals surface area contributed by atoms with Crippen LogP contribution in [-0.4, -0.2) is 4.98 Å². The summed E-state index contributed by atoms with van der Waals surface area (Å²) in [6, 6.07) is 13.7. The third kappa shape index (κ3) is 3.15. The fraction of sp³-hybridized carbons (Fsp3) is 0. The molecule has 3 aromatic heterocycles. The Morgan fingerprint density at radius 3 is 2.48 bits per heavy atom. The molecule has 5 nitrogen and oxygen atoms in total. The van der Waals surface area contributed by atoms with Gasteiger partial charge >= 0.3 is 11.3 Å². The van der Waals surface area contributed by atoms with Gasteiger partial charge in [0.15, 0.2) is 5.58 Å². The zero-order chi connectivity index (χ0) is 20.1. The van der Waals surface area contributed by atoms with Crippen LogP contribution in [0.5, 0.6) is 0 Å². The minimum atomic E-state index is -0.576. The number of thiazole rings is 1. The van der Waals surface area contributed by atoms with Gasteiger partial charge in [-0.3, -0.25) is 0 Å². The Kier molecular flexibility index (Phi) is 4.28. The van der Waals surface area contributed by atoms with Gasteiger partial charge in [0, 0.05) is 21.2 Å². The van der Waals surface area contributed by atoms with E-state index in [4.69, 9.17) is 32.0 Å². The minimum absolute atomic E-state index is 0.254. The number of rotatable bonds is 2. The van der Waals surface area contributed by atoms with Crippen LogP contribution in [0.4, 0.5) is 0 Å². The van der Waals surface area contributed by atoms with E-state index in [1.165, 1.54) is 17.4 Å². The maximum atomic E-state index is 12.5. The molecule has 3 heterocycles. The zero-order valence-electron chi connectivity index (χ0n) is 14.4. The summed E-state index contributed by atoms with van der Waals surface area (Å²) in [5.74, 6) is 0. The molecule has 5 rings (SSSR count). The van der Waals surface area contributed by atoms with Crippen molar-refractivity contribution in [3.63, 3.8) is 0 Å². The maximum absolute atomic E-state index is 12.5. The van der Waals surface area contributed by atoms with Crippen LogP contribution in [0.3, 0.4) is 0 Å². The van der Waals surface area contributed by atoms with Gasteiger partial charge in [0.25, 0.3) is 0 Å². The zero-order valence-corrected chi connectivity index (χ0v) is 16.8. The van der Waals surface area contributed by atoms with Crippen LogP contribution >= 0.6 is 34.5 Å². The second-order valence-corrected chi connectivity index (χ2v) is 7.98. The lowest BCUT2D eigenvalue weighted by Gasteiger charge is -2.02. The lowest BCUT2D eigenvalue weighted by atomic mass is 10.1. The summed E-state index contributed by atoms with van der Waals surface area (Å²) in [5, 5.41) is 4.16. The van der Waals surface area contributed by atoms with Crippen LogP contribution in [0, 0.1) is 0 Å². The summed E-state index contributed by atoms with van der Waals surface area (Å²) >= 11 is 13.4. The van der Waals surface area contributed by atoms with E-state index in [1.807, 2.05) is 12.1 Å². The average molecular weight is 442 g/mol. The maximum Gasteiger partial charge on any atom is 0.346 e. The van der Waals surface area contributed by atoms with E-state index in [2.05, 4.69) is 4.98 Å². The van der Waals surface area contributed by atoms with E-state index in [9.17, 15) is 9.59 Å².